The van der Waals surface area contributed by atoms with Crippen molar-refractivity contribution >= 4 is 28.5 Å². The molecule has 0 atom stereocenters. The molecular formula is C21H18ClFN4. The molecule has 0 saturated carbocycles. The van der Waals surface area contributed by atoms with Crippen molar-refractivity contribution in [2.45, 2.75) is 19.9 Å². The highest BCUT2D eigenvalue weighted by molar-refractivity contribution is 6.31. The van der Waals surface area contributed by atoms with Crippen molar-refractivity contribution in [3.05, 3.63) is 88.1 Å². The number of halogens is 2. The van der Waals surface area contributed by atoms with E-state index in [1.54, 1.807) is 12.1 Å². The van der Waals surface area contributed by atoms with Crippen molar-refractivity contribution < 1.29 is 4.39 Å². The highest BCUT2D eigenvalue weighted by Crippen LogP contribution is 2.22. The standard InChI is InChI=1S/C21H18ClFN4/c1-13-8-17-16(12-26-21(17)25-10-13)9-14-6-7-19(27-20(14)23)24-11-15-4-2-3-5-18(15)22/h2-8,10,12H,9,11H2,1H3,(H,24,27)(H,25,26). The molecule has 0 fully saturated rings. The lowest BCUT2D eigenvalue weighted by Crippen LogP contribution is -2.04. The van der Waals surface area contributed by atoms with Crippen LogP contribution in [0, 0.1) is 12.9 Å². The molecule has 0 unspecified atom stereocenters. The van der Waals surface area contributed by atoms with E-state index in [1.165, 1.54) is 0 Å². The number of aromatic nitrogens is 3. The molecule has 0 saturated heterocycles. The molecule has 3 aromatic heterocycles. The highest BCUT2D eigenvalue weighted by atomic mass is 35.5. The van der Waals surface area contributed by atoms with Gasteiger partial charge in [0.2, 0.25) is 5.95 Å². The second-order valence-electron chi connectivity index (χ2n) is 6.49. The van der Waals surface area contributed by atoms with Gasteiger partial charge in [0.05, 0.1) is 0 Å². The molecule has 4 aromatic rings. The van der Waals surface area contributed by atoms with E-state index in [1.807, 2.05) is 43.6 Å². The van der Waals surface area contributed by atoms with Crippen molar-refractivity contribution in [1.29, 1.82) is 0 Å². The van der Waals surface area contributed by atoms with Crippen LogP contribution in [-0.2, 0) is 13.0 Å². The van der Waals surface area contributed by atoms with Crippen LogP contribution in [0.1, 0.15) is 22.3 Å². The van der Waals surface area contributed by atoms with Crippen molar-refractivity contribution in [3.8, 4) is 0 Å². The van der Waals surface area contributed by atoms with Gasteiger partial charge in [0, 0.05) is 41.3 Å². The number of aromatic amines is 1. The van der Waals surface area contributed by atoms with Gasteiger partial charge in [-0.1, -0.05) is 35.9 Å². The summed E-state index contributed by atoms with van der Waals surface area (Å²) in [5, 5.41) is 4.80. The van der Waals surface area contributed by atoms with Crippen LogP contribution in [0.25, 0.3) is 11.0 Å². The van der Waals surface area contributed by atoms with E-state index in [0.29, 0.717) is 29.4 Å². The molecule has 3 heterocycles. The third kappa shape index (κ3) is 3.78. The van der Waals surface area contributed by atoms with Gasteiger partial charge in [-0.3, -0.25) is 0 Å². The normalized spacial score (nSPS) is 11.1. The lowest BCUT2D eigenvalue weighted by molar-refractivity contribution is 0.571. The Morgan fingerprint density at radius 1 is 1.11 bits per heavy atom. The Morgan fingerprint density at radius 2 is 1.96 bits per heavy atom. The Hall–Kier alpha value is -2.92. The van der Waals surface area contributed by atoms with Crippen LogP contribution >= 0.6 is 11.6 Å². The molecule has 0 aliphatic heterocycles. The van der Waals surface area contributed by atoms with E-state index in [4.69, 9.17) is 11.6 Å². The summed E-state index contributed by atoms with van der Waals surface area (Å²) in [5.74, 6) is 0.00160. The van der Waals surface area contributed by atoms with Crippen LogP contribution in [0.3, 0.4) is 0 Å². The van der Waals surface area contributed by atoms with Crippen molar-refractivity contribution in [2.24, 2.45) is 0 Å². The van der Waals surface area contributed by atoms with E-state index in [0.717, 1.165) is 27.7 Å². The summed E-state index contributed by atoms with van der Waals surface area (Å²) < 4.78 is 14.5. The van der Waals surface area contributed by atoms with Crippen LogP contribution < -0.4 is 5.32 Å². The Bertz CT molecular complexity index is 1110. The Labute approximate surface area is 161 Å². The molecule has 136 valence electrons. The van der Waals surface area contributed by atoms with Gasteiger partial charge in [-0.15, -0.1) is 0 Å². The number of fused-ring (bicyclic) bond motifs is 1. The predicted molar refractivity (Wildman–Crippen MR) is 107 cm³/mol. The second-order valence-corrected chi connectivity index (χ2v) is 6.90. The highest BCUT2D eigenvalue weighted by Gasteiger charge is 2.11. The van der Waals surface area contributed by atoms with E-state index in [9.17, 15) is 4.39 Å². The molecule has 6 heteroatoms. The number of pyridine rings is 2. The maximum absolute atomic E-state index is 14.5. The lowest BCUT2D eigenvalue weighted by Gasteiger charge is -2.09. The van der Waals surface area contributed by atoms with E-state index >= 15 is 0 Å². The monoisotopic (exact) mass is 380 g/mol. The van der Waals surface area contributed by atoms with Gasteiger partial charge in [-0.25, -0.2) is 9.97 Å². The van der Waals surface area contributed by atoms with E-state index in [-0.39, 0.29) is 0 Å². The van der Waals surface area contributed by atoms with Crippen LogP contribution in [0.4, 0.5) is 10.2 Å². The number of rotatable bonds is 5. The van der Waals surface area contributed by atoms with Crippen molar-refractivity contribution in [2.75, 3.05) is 5.32 Å². The fourth-order valence-electron chi connectivity index (χ4n) is 3.03. The smallest absolute Gasteiger partial charge is 0.218 e. The fourth-order valence-corrected chi connectivity index (χ4v) is 3.24. The summed E-state index contributed by atoms with van der Waals surface area (Å²) >= 11 is 6.14. The molecule has 0 aliphatic rings. The largest absolute Gasteiger partial charge is 0.366 e. The fraction of sp³-hybridized carbons (Fsp3) is 0.143. The Kier molecular flexibility index (Phi) is 4.77. The first kappa shape index (κ1) is 17.5. The molecule has 0 bridgehead atoms. The molecule has 0 amide bonds. The third-order valence-electron chi connectivity index (χ3n) is 4.48. The van der Waals surface area contributed by atoms with Crippen molar-refractivity contribution in [3.63, 3.8) is 0 Å². The van der Waals surface area contributed by atoms with Gasteiger partial charge < -0.3 is 10.3 Å². The SMILES string of the molecule is Cc1cnc2[nH]cc(Cc3ccc(NCc4ccccc4Cl)nc3F)c2c1. The molecule has 0 radical (unpaired) electrons. The maximum Gasteiger partial charge on any atom is 0.218 e. The summed E-state index contributed by atoms with van der Waals surface area (Å²) in [7, 11) is 0. The molecular weight excluding hydrogens is 363 g/mol. The number of hydrogen-bond acceptors (Lipinski definition) is 3. The van der Waals surface area contributed by atoms with Gasteiger partial charge in [0.25, 0.3) is 0 Å². The van der Waals surface area contributed by atoms with Gasteiger partial charge >= 0.3 is 0 Å². The molecule has 27 heavy (non-hydrogen) atoms. The molecule has 0 aliphatic carbocycles. The molecule has 2 N–H and O–H groups in total. The average Bonchev–Trinajstić information content (AvgIpc) is 3.05. The zero-order valence-electron chi connectivity index (χ0n) is 14.8. The van der Waals surface area contributed by atoms with Crippen LogP contribution in [0.15, 0.2) is 54.9 Å². The first-order valence-electron chi connectivity index (χ1n) is 8.65. The average molecular weight is 381 g/mol. The minimum Gasteiger partial charge on any atom is -0.366 e. The number of hydrogen-bond donors (Lipinski definition) is 2. The Morgan fingerprint density at radius 3 is 2.78 bits per heavy atom. The number of aryl methyl sites for hydroxylation is 1. The van der Waals surface area contributed by atoms with E-state index < -0.39 is 5.95 Å². The predicted octanol–water partition coefficient (Wildman–Crippen LogP) is 5.26. The minimum absolute atomic E-state index is 0.453. The van der Waals surface area contributed by atoms with Gasteiger partial charge in [-0.05, 0) is 41.8 Å². The summed E-state index contributed by atoms with van der Waals surface area (Å²) in [5.41, 5.74) is 4.36. The Balaban J connectivity index is 1.51. The first-order chi connectivity index (χ1) is 13.1. The minimum atomic E-state index is -0.478. The van der Waals surface area contributed by atoms with Gasteiger partial charge in [-0.2, -0.15) is 4.39 Å². The zero-order chi connectivity index (χ0) is 18.8. The number of anilines is 1. The van der Waals surface area contributed by atoms with Crippen LogP contribution in [0.5, 0.6) is 0 Å². The van der Waals surface area contributed by atoms with Gasteiger partial charge in [0.1, 0.15) is 11.5 Å². The molecule has 4 nitrogen and oxygen atoms in total. The zero-order valence-corrected chi connectivity index (χ0v) is 15.5. The van der Waals surface area contributed by atoms with E-state index in [2.05, 4.69) is 26.3 Å². The van der Waals surface area contributed by atoms with Gasteiger partial charge in [0.15, 0.2) is 0 Å². The molecule has 4 rings (SSSR count). The quantitative estimate of drug-likeness (QED) is 0.464. The number of nitrogens with one attached hydrogen (secondary N) is 2. The van der Waals surface area contributed by atoms with Crippen molar-refractivity contribution in [1.82, 2.24) is 15.0 Å². The van der Waals surface area contributed by atoms with Crippen LogP contribution in [0.2, 0.25) is 5.02 Å². The topological polar surface area (TPSA) is 53.6 Å². The summed E-state index contributed by atoms with van der Waals surface area (Å²) in [6.45, 7) is 2.48. The number of H-pyrrole nitrogens is 1. The maximum atomic E-state index is 14.5. The third-order valence-corrected chi connectivity index (χ3v) is 4.85. The number of nitrogens with zero attached hydrogens (tertiary/aromatic N) is 2. The summed E-state index contributed by atoms with van der Waals surface area (Å²) in [6.07, 6.45) is 4.14. The summed E-state index contributed by atoms with van der Waals surface area (Å²) in [4.78, 5) is 11.5. The van der Waals surface area contributed by atoms with Crippen LogP contribution in [-0.4, -0.2) is 15.0 Å². The number of benzene rings is 1. The molecule has 1 aromatic carbocycles. The summed E-state index contributed by atoms with van der Waals surface area (Å²) in [6, 6.07) is 13.1. The lowest BCUT2D eigenvalue weighted by atomic mass is 10.1. The molecule has 0 spiro atoms. The first-order valence-corrected chi connectivity index (χ1v) is 9.03. The second kappa shape index (κ2) is 7.37.